The van der Waals surface area contributed by atoms with E-state index in [1.807, 2.05) is 12.3 Å². The Bertz CT molecular complexity index is 3480. The SMILES string of the molecule is CC(C)(C)c1ccnc(-n2c3[c-]c(Oc4[c-]c(-n5[c-][n+](-c6cccc(C(C)(C)c7ccccc7)c6)c(C(C)(C)C)c5)cc(C(C)(C)c5ccccc5)c4)ccc3c3cc(-c4ccccc4)ccc32)c1.[Pt]. The Morgan fingerprint density at radius 2 is 1.14 bits per heavy atom. The summed E-state index contributed by atoms with van der Waals surface area (Å²) in [6.07, 6.45) is 7.89. The van der Waals surface area contributed by atoms with Crippen molar-refractivity contribution in [3.05, 3.63) is 234 Å². The topological polar surface area (TPSA) is 35.9 Å². The first-order chi connectivity index (χ1) is 32.9. The molecule has 0 spiro atoms. The van der Waals surface area contributed by atoms with Gasteiger partial charge in [-0.15, -0.1) is 35.2 Å². The number of benzene rings is 7. The van der Waals surface area contributed by atoms with E-state index in [1.54, 1.807) is 0 Å². The zero-order valence-electron chi connectivity index (χ0n) is 41.8. The van der Waals surface area contributed by atoms with Gasteiger partial charge in [0.15, 0.2) is 0 Å². The van der Waals surface area contributed by atoms with Gasteiger partial charge < -0.3 is 13.9 Å². The molecule has 0 amide bonds. The van der Waals surface area contributed by atoms with Crippen LogP contribution in [0.25, 0.3) is 50.1 Å². The van der Waals surface area contributed by atoms with E-state index in [0.29, 0.717) is 11.5 Å². The Kier molecular flexibility index (Phi) is 12.7. The van der Waals surface area contributed by atoms with Gasteiger partial charge in [0.2, 0.25) is 0 Å². The molecule has 3 heterocycles. The summed E-state index contributed by atoms with van der Waals surface area (Å²) in [5, 5.41) is 2.19. The van der Waals surface area contributed by atoms with E-state index in [2.05, 4.69) is 271 Å². The molecule has 10 rings (SSSR count). The van der Waals surface area contributed by atoms with Gasteiger partial charge >= 0.3 is 0 Å². The van der Waals surface area contributed by atoms with Gasteiger partial charge in [-0.2, -0.15) is 12.1 Å². The van der Waals surface area contributed by atoms with Gasteiger partial charge in [-0.3, -0.25) is 4.57 Å². The molecule has 0 radical (unpaired) electrons. The van der Waals surface area contributed by atoms with E-state index in [0.717, 1.165) is 55.8 Å². The number of hydrogen-bond donors (Lipinski definition) is 0. The monoisotopic (exact) mass is 1100 g/mol. The van der Waals surface area contributed by atoms with Crippen LogP contribution in [0, 0.1) is 18.5 Å². The number of aromatic nitrogens is 4. The van der Waals surface area contributed by atoms with E-state index < -0.39 is 0 Å². The van der Waals surface area contributed by atoms with Crippen LogP contribution in [0.15, 0.2) is 182 Å². The molecule has 6 heteroatoms. The number of rotatable bonds is 10. The van der Waals surface area contributed by atoms with Crippen molar-refractivity contribution in [2.45, 2.75) is 90.9 Å². The quantitative estimate of drug-likeness (QED) is 0.101. The Morgan fingerprint density at radius 3 is 1.80 bits per heavy atom. The average molecular weight is 1100 g/mol. The van der Waals surface area contributed by atoms with Crippen molar-refractivity contribution in [2.75, 3.05) is 0 Å². The molecule has 0 saturated carbocycles. The molecule has 0 aliphatic rings. The van der Waals surface area contributed by atoms with Crippen LogP contribution in [0.5, 0.6) is 11.5 Å². The Morgan fingerprint density at radius 1 is 0.500 bits per heavy atom. The fourth-order valence-corrected chi connectivity index (χ4v) is 9.53. The van der Waals surface area contributed by atoms with Crippen LogP contribution in [0.2, 0.25) is 0 Å². The van der Waals surface area contributed by atoms with Gasteiger partial charge in [-0.25, -0.2) is 4.98 Å². The molecule has 5 nitrogen and oxygen atoms in total. The minimum atomic E-state index is -0.378. The smallest absolute Gasteiger partial charge is 0.267 e. The van der Waals surface area contributed by atoms with Crippen molar-refractivity contribution in [2.24, 2.45) is 0 Å². The molecule has 0 unspecified atom stereocenters. The van der Waals surface area contributed by atoms with Gasteiger partial charge in [0.25, 0.3) is 6.33 Å². The molecule has 0 N–H and O–H groups in total. The number of pyridine rings is 1. The first-order valence-corrected chi connectivity index (χ1v) is 24.0. The maximum Gasteiger partial charge on any atom is 0.267 e. The number of fused-ring (bicyclic) bond motifs is 3. The van der Waals surface area contributed by atoms with Crippen LogP contribution < -0.4 is 9.30 Å². The van der Waals surface area contributed by atoms with Gasteiger partial charge in [-0.05, 0) is 91.0 Å². The zero-order chi connectivity index (χ0) is 48.3. The summed E-state index contributed by atoms with van der Waals surface area (Å²) >= 11 is 0. The predicted octanol–water partition coefficient (Wildman–Crippen LogP) is 15.4. The molecule has 0 atom stereocenters. The van der Waals surface area contributed by atoms with E-state index in [4.69, 9.17) is 9.72 Å². The van der Waals surface area contributed by atoms with Crippen LogP contribution in [0.4, 0.5) is 0 Å². The summed E-state index contributed by atoms with van der Waals surface area (Å²) in [5.74, 6) is 2.00. The van der Waals surface area contributed by atoms with E-state index in [1.165, 1.54) is 27.8 Å². The summed E-state index contributed by atoms with van der Waals surface area (Å²) in [6.45, 7) is 22.6. The van der Waals surface area contributed by atoms with Crippen molar-refractivity contribution < 1.29 is 30.4 Å². The van der Waals surface area contributed by atoms with Gasteiger partial charge in [0.05, 0.1) is 11.4 Å². The van der Waals surface area contributed by atoms with Crippen molar-refractivity contribution in [3.8, 4) is 39.8 Å². The zero-order valence-corrected chi connectivity index (χ0v) is 44.1. The van der Waals surface area contributed by atoms with E-state index >= 15 is 0 Å². The summed E-state index contributed by atoms with van der Waals surface area (Å²) in [6, 6.07) is 67.8. The summed E-state index contributed by atoms with van der Waals surface area (Å²) in [4.78, 5) is 4.97. The number of imidazole rings is 1. The fourth-order valence-electron chi connectivity index (χ4n) is 9.53. The minimum Gasteiger partial charge on any atom is -0.510 e. The summed E-state index contributed by atoms with van der Waals surface area (Å²) < 4.78 is 13.5. The second kappa shape index (κ2) is 18.5. The van der Waals surface area contributed by atoms with Crippen molar-refractivity contribution >= 4 is 21.8 Å². The Labute approximate surface area is 428 Å². The largest absolute Gasteiger partial charge is 0.510 e. The van der Waals surface area contributed by atoms with Crippen LogP contribution in [0.3, 0.4) is 0 Å². The maximum absolute atomic E-state index is 6.98. The molecule has 0 bridgehead atoms. The molecule has 354 valence electrons. The Hall–Kier alpha value is -6.81. The number of nitrogens with zero attached hydrogens (tertiary/aromatic N) is 4. The second-order valence-electron chi connectivity index (χ2n) is 21.5. The van der Waals surface area contributed by atoms with E-state index in [9.17, 15) is 0 Å². The van der Waals surface area contributed by atoms with Crippen molar-refractivity contribution in [1.29, 1.82) is 0 Å². The molecule has 0 aliphatic heterocycles. The predicted molar refractivity (Wildman–Crippen MR) is 282 cm³/mol. The molecule has 7 aromatic carbocycles. The Balaban J connectivity index is 0.00000608. The molecule has 0 saturated heterocycles. The standard InChI is InChI=1S/C64H60N4O.Pt/c1-61(2,3)48-33-34-65-60(39-48)68-57-32-29-45(44-21-14-11-15-22-44)35-56(57)55-31-30-53(41-58(55)68)69-54-38-50(64(9,10)47-25-18-13-19-26-47)37-52(40-54)66-42-59(62(4,5)6)67(43-66)51-28-20-27-49(36-51)63(7,8)46-23-16-12-17-24-46;/h11-39,42H,1-10H3;/q-2;. The first kappa shape index (κ1) is 48.2. The van der Waals surface area contributed by atoms with Gasteiger partial charge in [0, 0.05) is 55.9 Å². The molecule has 10 aromatic rings. The number of ether oxygens (including phenoxy) is 1. The third-order valence-corrected chi connectivity index (χ3v) is 13.9. The van der Waals surface area contributed by atoms with Crippen LogP contribution in [-0.4, -0.2) is 14.1 Å². The fraction of sp³-hybridized carbons (Fsp3) is 0.219. The normalized spacial score (nSPS) is 12.3. The maximum atomic E-state index is 6.98. The molecule has 0 aliphatic carbocycles. The van der Waals surface area contributed by atoms with Crippen LogP contribution >= 0.6 is 0 Å². The van der Waals surface area contributed by atoms with Gasteiger partial charge in [-0.1, -0.05) is 190 Å². The molecular formula is C64H60N4OPt-2. The molecule has 3 aromatic heterocycles. The third kappa shape index (κ3) is 9.20. The van der Waals surface area contributed by atoms with E-state index in [-0.39, 0.29) is 42.7 Å². The third-order valence-electron chi connectivity index (χ3n) is 13.9. The average Bonchev–Trinajstić information content (AvgIpc) is 3.95. The van der Waals surface area contributed by atoms with Crippen LogP contribution in [0.1, 0.15) is 103 Å². The molecule has 70 heavy (non-hydrogen) atoms. The molecular weight excluding hydrogens is 1040 g/mol. The minimum absolute atomic E-state index is 0. The summed E-state index contributed by atoms with van der Waals surface area (Å²) in [5.41, 5.74) is 12.4. The molecule has 0 fully saturated rings. The number of hydrogen-bond acceptors (Lipinski definition) is 2. The van der Waals surface area contributed by atoms with Crippen molar-refractivity contribution in [3.63, 3.8) is 0 Å². The first-order valence-electron chi connectivity index (χ1n) is 24.0. The second-order valence-corrected chi connectivity index (χ2v) is 21.5. The summed E-state index contributed by atoms with van der Waals surface area (Å²) in [7, 11) is 0. The van der Waals surface area contributed by atoms with Crippen LogP contribution in [-0.2, 0) is 42.7 Å². The van der Waals surface area contributed by atoms with Gasteiger partial charge in [0.1, 0.15) is 5.82 Å². The van der Waals surface area contributed by atoms with Crippen molar-refractivity contribution in [1.82, 2.24) is 14.1 Å².